The van der Waals surface area contributed by atoms with Crippen LogP contribution in [0.15, 0.2) is 24.3 Å². The molecule has 2 amide bonds. The Balaban J connectivity index is 2.03. The molecular weight excluding hydrogens is 285 g/mol. The van der Waals surface area contributed by atoms with Gasteiger partial charge in [-0.2, -0.15) is 13.2 Å². The van der Waals surface area contributed by atoms with Crippen LogP contribution in [-0.4, -0.2) is 35.2 Å². The van der Waals surface area contributed by atoms with Crippen LogP contribution in [0.1, 0.15) is 18.9 Å². The summed E-state index contributed by atoms with van der Waals surface area (Å²) in [6, 6.07) is 3.98. The lowest BCUT2D eigenvalue weighted by Crippen LogP contribution is -2.47. The predicted octanol–water partition coefficient (Wildman–Crippen LogP) is 2.94. The molecule has 2 unspecified atom stereocenters. The molecule has 0 aromatic heterocycles. The second-order valence-corrected chi connectivity index (χ2v) is 5.29. The quantitative estimate of drug-likeness (QED) is 0.838. The summed E-state index contributed by atoms with van der Waals surface area (Å²) < 4.78 is 37.8. The molecule has 2 N–H and O–H groups in total. The standard InChI is InChI=1S/C14H17F3N2O2/c1-9-5-6-19(8-12(9)20)13(21)18-11-4-2-3-10(7-11)14(15,16)17/h2-4,7,9,12,20H,5-6,8H2,1H3,(H,18,21). The predicted molar refractivity (Wildman–Crippen MR) is 71.8 cm³/mol. The number of anilines is 1. The Bertz CT molecular complexity index is 519. The van der Waals surface area contributed by atoms with Crippen molar-refractivity contribution < 1.29 is 23.1 Å². The van der Waals surface area contributed by atoms with Gasteiger partial charge in [0.2, 0.25) is 0 Å². The molecule has 0 aliphatic carbocycles. The Hall–Kier alpha value is -1.76. The minimum atomic E-state index is -4.45. The van der Waals surface area contributed by atoms with E-state index in [9.17, 15) is 23.1 Å². The van der Waals surface area contributed by atoms with Crippen LogP contribution in [0, 0.1) is 5.92 Å². The van der Waals surface area contributed by atoms with Gasteiger partial charge < -0.3 is 15.3 Å². The zero-order valence-electron chi connectivity index (χ0n) is 11.5. The van der Waals surface area contributed by atoms with Crippen molar-refractivity contribution in [1.82, 2.24) is 4.90 Å². The SMILES string of the molecule is CC1CCN(C(=O)Nc2cccc(C(F)(F)F)c2)CC1O. The third-order valence-electron chi connectivity index (χ3n) is 3.65. The first-order valence-electron chi connectivity index (χ1n) is 6.68. The van der Waals surface area contributed by atoms with Crippen molar-refractivity contribution in [3.05, 3.63) is 29.8 Å². The smallest absolute Gasteiger partial charge is 0.391 e. The van der Waals surface area contributed by atoms with Gasteiger partial charge in [0.15, 0.2) is 0 Å². The zero-order valence-corrected chi connectivity index (χ0v) is 11.5. The number of aliphatic hydroxyl groups excluding tert-OH is 1. The van der Waals surface area contributed by atoms with Crippen LogP contribution in [0.3, 0.4) is 0 Å². The fraction of sp³-hybridized carbons (Fsp3) is 0.500. The van der Waals surface area contributed by atoms with Gasteiger partial charge >= 0.3 is 12.2 Å². The van der Waals surface area contributed by atoms with Gasteiger partial charge in [-0.25, -0.2) is 4.79 Å². The van der Waals surface area contributed by atoms with Crippen molar-refractivity contribution in [2.75, 3.05) is 18.4 Å². The number of nitrogens with one attached hydrogen (secondary N) is 1. The van der Waals surface area contributed by atoms with E-state index < -0.39 is 23.9 Å². The van der Waals surface area contributed by atoms with Crippen LogP contribution in [-0.2, 0) is 6.18 Å². The maximum Gasteiger partial charge on any atom is 0.416 e. The average molecular weight is 302 g/mol. The zero-order chi connectivity index (χ0) is 15.6. The van der Waals surface area contributed by atoms with Gasteiger partial charge in [-0.05, 0) is 30.5 Å². The molecule has 0 radical (unpaired) electrons. The van der Waals surface area contributed by atoms with Crippen LogP contribution in [0.4, 0.5) is 23.7 Å². The van der Waals surface area contributed by atoms with Gasteiger partial charge in [-0.1, -0.05) is 13.0 Å². The monoisotopic (exact) mass is 302 g/mol. The number of aliphatic hydroxyl groups is 1. The summed E-state index contributed by atoms with van der Waals surface area (Å²) in [6.07, 6.45) is -4.39. The van der Waals surface area contributed by atoms with Crippen molar-refractivity contribution in [2.45, 2.75) is 25.6 Å². The minimum Gasteiger partial charge on any atom is -0.391 e. The number of piperidine rings is 1. The van der Waals surface area contributed by atoms with Gasteiger partial charge in [0.25, 0.3) is 0 Å². The molecule has 1 aliphatic rings. The molecule has 1 aromatic rings. The molecule has 4 nitrogen and oxygen atoms in total. The van der Waals surface area contributed by atoms with Crippen molar-refractivity contribution in [1.29, 1.82) is 0 Å². The lowest BCUT2D eigenvalue weighted by atomic mass is 9.96. The van der Waals surface area contributed by atoms with E-state index in [1.54, 1.807) is 0 Å². The number of carbonyl (C=O) groups is 1. The first kappa shape index (κ1) is 15.6. The molecule has 2 rings (SSSR count). The second kappa shape index (κ2) is 5.93. The van der Waals surface area contributed by atoms with Gasteiger partial charge in [-0.3, -0.25) is 0 Å². The van der Waals surface area contributed by atoms with Crippen molar-refractivity contribution in [2.24, 2.45) is 5.92 Å². The first-order valence-corrected chi connectivity index (χ1v) is 6.68. The first-order chi connectivity index (χ1) is 9.77. The fourth-order valence-corrected chi connectivity index (χ4v) is 2.21. The maximum absolute atomic E-state index is 12.6. The van der Waals surface area contributed by atoms with Crippen LogP contribution >= 0.6 is 0 Å². The number of rotatable bonds is 1. The highest BCUT2D eigenvalue weighted by molar-refractivity contribution is 5.89. The molecule has 1 heterocycles. The summed E-state index contributed by atoms with van der Waals surface area (Å²) >= 11 is 0. The summed E-state index contributed by atoms with van der Waals surface area (Å²) in [5.41, 5.74) is -0.726. The minimum absolute atomic E-state index is 0.0861. The number of nitrogens with zero attached hydrogens (tertiary/aromatic N) is 1. The largest absolute Gasteiger partial charge is 0.416 e. The molecule has 1 aromatic carbocycles. The number of likely N-dealkylation sites (tertiary alicyclic amines) is 1. The number of benzene rings is 1. The average Bonchev–Trinajstić information content (AvgIpc) is 2.41. The van der Waals surface area contributed by atoms with Gasteiger partial charge in [-0.15, -0.1) is 0 Å². The molecular formula is C14H17F3N2O2. The number of urea groups is 1. The van der Waals surface area contributed by atoms with Crippen LogP contribution in [0.5, 0.6) is 0 Å². The molecule has 1 fully saturated rings. The molecule has 0 spiro atoms. The molecule has 2 atom stereocenters. The van der Waals surface area contributed by atoms with Crippen molar-refractivity contribution >= 4 is 11.7 Å². The Morgan fingerprint density at radius 1 is 1.43 bits per heavy atom. The molecule has 21 heavy (non-hydrogen) atoms. The summed E-state index contributed by atoms with van der Waals surface area (Å²) in [4.78, 5) is 13.4. The number of halogens is 3. The van der Waals surface area contributed by atoms with Gasteiger partial charge in [0, 0.05) is 18.8 Å². The van der Waals surface area contributed by atoms with E-state index in [2.05, 4.69) is 5.32 Å². The van der Waals surface area contributed by atoms with Crippen molar-refractivity contribution in [3.8, 4) is 0 Å². The number of hydrogen-bond donors (Lipinski definition) is 2. The van der Waals surface area contributed by atoms with E-state index >= 15 is 0 Å². The van der Waals surface area contributed by atoms with Crippen LogP contribution in [0.2, 0.25) is 0 Å². The van der Waals surface area contributed by atoms with Crippen LogP contribution < -0.4 is 5.32 Å². The van der Waals surface area contributed by atoms with E-state index in [1.165, 1.54) is 17.0 Å². The Morgan fingerprint density at radius 3 is 2.76 bits per heavy atom. The topological polar surface area (TPSA) is 52.6 Å². The number of β-amino-alcohol motifs (C(OH)–C–C–N with tert-alkyl or cyclic N) is 1. The van der Waals surface area contributed by atoms with E-state index in [1.807, 2.05) is 6.92 Å². The Labute approximate surface area is 120 Å². The van der Waals surface area contributed by atoms with Crippen LogP contribution in [0.25, 0.3) is 0 Å². The number of alkyl halides is 3. The number of carbonyl (C=O) groups excluding carboxylic acids is 1. The number of hydrogen-bond acceptors (Lipinski definition) is 2. The third kappa shape index (κ3) is 3.87. The van der Waals surface area contributed by atoms with Crippen molar-refractivity contribution in [3.63, 3.8) is 0 Å². The summed E-state index contributed by atoms with van der Waals surface area (Å²) in [7, 11) is 0. The summed E-state index contributed by atoms with van der Waals surface area (Å²) in [6.45, 7) is 2.56. The Morgan fingerprint density at radius 2 is 2.14 bits per heavy atom. The van der Waals surface area contributed by atoms with E-state index in [-0.39, 0.29) is 18.2 Å². The maximum atomic E-state index is 12.6. The third-order valence-corrected chi connectivity index (χ3v) is 3.65. The second-order valence-electron chi connectivity index (χ2n) is 5.29. The van der Waals surface area contributed by atoms with E-state index in [0.29, 0.717) is 13.0 Å². The summed E-state index contributed by atoms with van der Waals surface area (Å²) in [5, 5.41) is 12.2. The summed E-state index contributed by atoms with van der Waals surface area (Å²) in [5.74, 6) is 0.114. The molecule has 0 saturated carbocycles. The molecule has 1 aliphatic heterocycles. The molecule has 0 bridgehead atoms. The molecule has 7 heteroatoms. The van der Waals surface area contributed by atoms with E-state index in [0.717, 1.165) is 12.1 Å². The van der Waals surface area contributed by atoms with E-state index in [4.69, 9.17) is 0 Å². The Kier molecular flexibility index (Phi) is 4.41. The molecule has 1 saturated heterocycles. The van der Waals surface area contributed by atoms with Gasteiger partial charge in [0.05, 0.1) is 11.7 Å². The highest BCUT2D eigenvalue weighted by Gasteiger charge is 2.31. The number of amides is 2. The lowest BCUT2D eigenvalue weighted by Gasteiger charge is -2.34. The highest BCUT2D eigenvalue weighted by Crippen LogP contribution is 2.30. The van der Waals surface area contributed by atoms with Gasteiger partial charge in [0.1, 0.15) is 0 Å². The normalized spacial score (nSPS) is 23.0. The molecule has 116 valence electrons. The fourth-order valence-electron chi connectivity index (χ4n) is 2.21. The highest BCUT2D eigenvalue weighted by atomic mass is 19.4. The lowest BCUT2D eigenvalue weighted by molar-refractivity contribution is -0.137.